The summed E-state index contributed by atoms with van der Waals surface area (Å²) in [5, 5.41) is 18.1. The number of fused-ring (bicyclic) bond motifs is 1. The van der Waals surface area contributed by atoms with E-state index in [1.807, 2.05) is 0 Å². The molecule has 4 saturated carbocycles. The SMILES string of the molecule is CC1(C)[C@@H]2[C@@H](C(=O)NC(C(=O)C(N)=O)C3CC3)N(C(=O)[C@@H](NC(=O)NC3(C(=O)O)CCCC3)C3CCCCC3)C[C@@H]21. The number of rotatable bonds is 10. The van der Waals surface area contributed by atoms with E-state index in [4.69, 9.17) is 5.73 Å². The zero-order valence-corrected chi connectivity index (χ0v) is 23.9. The minimum atomic E-state index is -1.35. The number of urea groups is 1. The molecular formula is C29H43N5O7. The number of carboxylic acid groups (broad SMARTS) is 1. The van der Waals surface area contributed by atoms with Crippen molar-refractivity contribution >= 4 is 35.5 Å². The lowest BCUT2D eigenvalue weighted by Crippen LogP contribution is -2.62. The second kappa shape index (κ2) is 10.9. The first kappa shape index (κ1) is 29.3. The largest absolute Gasteiger partial charge is 0.480 e. The van der Waals surface area contributed by atoms with Crippen molar-refractivity contribution in [3.05, 3.63) is 0 Å². The highest BCUT2D eigenvalue weighted by molar-refractivity contribution is 6.38. The lowest BCUT2D eigenvalue weighted by molar-refractivity contribution is -0.144. The first-order valence-electron chi connectivity index (χ1n) is 15.1. The maximum absolute atomic E-state index is 14.2. The lowest BCUT2D eigenvalue weighted by atomic mass is 9.83. The Morgan fingerprint density at radius 2 is 1.46 bits per heavy atom. The molecule has 5 atom stereocenters. The van der Waals surface area contributed by atoms with Crippen molar-refractivity contribution in [3.8, 4) is 0 Å². The third-order valence-electron chi connectivity index (χ3n) is 10.6. The van der Waals surface area contributed by atoms with Crippen LogP contribution >= 0.6 is 0 Å². The van der Waals surface area contributed by atoms with E-state index < -0.39 is 53.3 Å². The van der Waals surface area contributed by atoms with Gasteiger partial charge in [-0.05, 0) is 67.6 Å². The number of nitrogens with one attached hydrogen (secondary N) is 3. The quantitative estimate of drug-likeness (QED) is 0.242. The Kier molecular flexibility index (Phi) is 7.80. The molecule has 5 aliphatic rings. The van der Waals surface area contributed by atoms with Crippen LogP contribution < -0.4 is 21.7 Å². The minimum absolute atomic E-state index is 0.0861. The van der Waals surface area contributed by atoms with Gasteiger partial charge in [-0.1, -0.05) is 46.0 Å². The third-order valence-corrected chi connectivity index (χ3v) is 10.6. The number of hydrogen-bond acceptors (Lipinski definition) is 6. The first-order chi connectivity index (χ1) is 19.4. The number of carboxylic acids is 1. The fourth-order valence-corrected chi connectivity index (χ4v) is 7.83. The average molecular weight is 574 g/mol. The molecule has 1 heterocycles. The number of Topliss-reactive ketones (excluding diaryl/α,β-unsaturated/α-hetero) is 1. The topological polar surface area (TPSA) is 188 Å². The normalized spacial score (nSPS) is 29.5. The number of amides is 5. The summed E-state index contributed by atoms with van der Waals surface area (Å²) in [5.41, 5.74) is 3.73. The van der Waals surface area contributed by atoms with Gasteiger partial charge < -0.3 is 31.7 Å². The highest BCUT2D eigenvalue weighted by Crippen LogP contribution is 2.65. The highest BCUT2D eigenvalue weighted by Gasteiger charge is 2.70. The molecule has 12 heteroatoms. The number of carbonyl (C=O) groups excluding carboxylic acids is 5. The predicted molar refractivity (Wildman–Crippen MR) is 146 cm³/mol. The predicted octanol–water partition coefficient (Wildman–Crippen LogP) is 1.06. The second-order valence-corrected chi connectivity index (χ2v) is 13.5. The van der Waals surface area contributed by atoms with E-state index in [1.165, 1.54) is 4.90 Å². The number of nitrogens with two attached hydrogens (primary N) is 1. The van der Waals surface area contributed by atoms with Gasteiger partial charge in [0, 0.05) is 6.54 Å². The molecule has 5 fully saturated rings. The fraction of sp³-hybridized carbons (Fsp3) is 0.793. The molecule has 6 N–H and O–H groups in total. The van der Waals surface area contributed by atoms with E-state index in [0.29, 0.717) is 45.1 Å². The van der Waals surface area contributed by atoms with Crippen molar-refractivity contribution in [1.82, 2.24) is 20.9 Å². The van der Waals surface area contributed by atoms with Crippen molar-refractivity contribution in [2.45, 2.75) is 108 Å². The number of carbonyl (C=O) groups is 6. The van der Waals surface area contributed by atoms with Crippen LogP contribution in [0.1, 0.15) is 84.5 Å². The molecule has 4 aliphatic carbocycles. The van der Waals surface area contributed by atoms with Crippen molar-refractivity contribution in [2.75, 3.05) is 6.54 Å². The molecule has 226 valence electrons. The van der Waals surface area contributed by atoms with Crippen LogP contribution in [0.3, 0.4) is 0 Å². The Balaban J connectivity index is 1.36. The standard InChI is InChI=1S/C29H43N5O7/c1-28(2)17-14-34(21(18(17)28)24(37)31-19(16-10-11-16)22(35)23(30)36)25(38)20(15-8-4-3-5-9-15)32-27(41)33-29(26(39)40)12-6-7-13-29/h15-21H,3-14H2,1-2H3,(H2,30,36)(H,31,37)(H,39,40)(H2,32,33,41)/t17-,18-,19?,20-,21-/m0/s1. The molecule has 0 radical (unpaired) electrons. The van der Waals surface area contributed by atoms with Crippen LogP contribution in [0.25, 0.3) is 0 Å². The fourth-order valence-electron chi connectivity index (χ4n) is 7.83. The summed E-state index contributed by atoms with van der Waals surface area (Å²) in [6.07, 6.45) is 7.80. The van der Waals surface area contributed by atoms with Gasteiger partial charge in [-0.3, -0.25) is 19.2 Å². The molecule has 5 amide bonds. The summed E-state index contributed by atoms with van der Waals surface area (Å²) in [6.45, 7) is 4.45. The van der Waals surface area contributed by atoms with Crippen LogP contribution in [0.2, 0.25) is 0 Å². The molecular weight excluding hydrogens is 530 g/mol. The van der Waals surface area contributed by atoms with Gasteiger partial charge in [0.1, 0.15) is 23.7 Å². The van der Waals surface area contributed by atoms with Gasteiger partial charge >= 0.3 is 12.0 Å². The summed E-state index contributed by atoms with van der Waals surface area (Å²) >= 11 is 0. The number of piperidine rings is 1. The zero-order chi connectivity index (χ0) is 29.7. The molecule has 0 aromatic heterocycles. The molecule has 41 heavy (non-hydrogen) atoms. The van der Waals surface area contributed by atoms with Gasteiger partial charge in [-0.25, -0.2) is 9.59 Å². The van der Waals surface area contributed by atoms with Crippen LogP contribution in [-0.4, -0.2) is 75.7 Å². The molecule has 1 saturated heterocycles. The molecule has 0 aromatic rings. The summed E-state index contributed by atoms with van der Waals surface area (Å²) in [7, 11) is 0. The zero-order valence-electron chi connectivity index (χ0n) is 23.9. The van der Waals surface area contributed by atoms with Gasteiger partial charge in [-0.15, -0.1) is 0 Å². The van der Waals surface area contributed by atoms with Crippen LogP contribution in [0.15, 0.2) is 0 Å². The Labute approximate surface area is 239 Å². The van der Waals surface area contributed by atoms with E-state index in [9.17, 15) is 33.9 Å². The number of primary amides is 1. The second-order valence-electron chi connectivity index (χ2n) is 13.5. The van der Waals surface area contributed by atoms with Crippen molar-refractivity contribution in [3.63, 3.8) is 0 Å². The van der Waals surface area contributed by atoms with Crippen molar-refractivity contribution < 1.29 is 33.9 Å². The van der Waals surface area contributed by atoms with Gasteiger partial charge in [0.2, 0.25) is 17.6 Å². The van der Waals surface area contributed by atoms with Crippen LogP contribution in [0, 0.1) is 29.1 Å². The molecule has 5 rings (SSSR count). The minimum Gasteiger partial charge on any atom is -0.480 e. The first-order valence-corrected chi connectivity index (χ1v) is 15.1. The van der Waals surface area contributed by atoms with E-state index in [2.05, 4.69) is 29.8 Å². The Morgan fingerprint density at radius 3 is 2.02 bits per heavy atom. The summed E-state index contributed by atoms with van der Waals surface area (Å²) in [5.74, 6) is -4.18. The molecule has 1 unspecified atom stereocenters. The van der Waals surface area contributed by atoms with Gasteiger partial charge in [-0.2, -0.15) is 0 Å². The van der Waals surface area contributed by atoms with Gasteiger partial charge in [0.25, 0.3) is 5.91 Å². The maximum Gasteiger partial charge on any atom is 0.329 e. The molecule has 0 spiro atoms. The van der Waals surface area contributed by atoms with Crippen molar-refractivity contribution in [2.24, 2.45) is 34.8 Å². The number of likely N-dealkylation sites (tertiary alicyclic amines) is 1. The summed E-state index contributed by atoms with van der Waals surface area (Å²) in [6, 6.07) is -3.45. The summed E-state index contributed by atoms with van der Waals surface area (Å²) in [4.78, 5) is 78.9. The number of ketones is 1. The highest BCUT2D eigenvalue weighted by atomic mass is 16.4. The van der Waals surface area contributed by atoms with E-state index in [1.54, 1.807) is 0 Å². The van der Waals surface area contributed by atoms with Gasteiger partial charge in [0.15, 0.2) is 0 Å². The van der Waals surface area contributed by atoms with Crippen LogP contribution in [-0.2, 0) is 24.0 Å². The monoisotopic (exact) mass is 573 g/mol. The van der Waals surface area contributed by atoms with E-state index in [-0.39, 0.29) is 35.0 Å². The lowest BCUT2D eigenvalue weighted by Gasteiger charge is -2.37. The Morgan fingerprint density at radius 1 is 0.854 bits per heavy atom. The summed E-state index contributed by atoms with van der Waals surface area (Å²) < 4.78 is 0. The smallest absolute Gasteiger partial charge is 0.329 e. The van der Waals surface area contributed by atoms with Gasteiger partial charge in [0.05, 0.1) is 0 Å². The Hall–Kier alpha value is -3.18. The molecule has 12 nitrogen and oxygen atoms in total. The van der Waals surface area contributed by atoms with Crippen LogP contribution in [0.4, 0.5) is 4.79 Å². The van der Waals surface area contributed by atoms with Crippen molar-refractivity contribution in [1.29, 1.82) is 0 Å². The number of hydrogen-bond donors (Lipinski definition) is 5. The third kappa shape index (κ3) is 5.53. The van der Waals surface area contributed by atoms with E-state index in [0.717, 1.165) is 32.1 Å². The molecule has 0 aromatic carbocycles. The van der Waals surface area contributed by atoms with E-state index >= 15 is 0 Å². The Bertz CT molecular complexity index is 1120. The number of aliphatic carboxylic acids is 1. The molecule has 1 aliphatic heterocycles. The molecule has 0 bridgehead atoms. The maximum atomic E-state index is 14.2. The average Bonchev–Trinajstić information content (AvgIpc) is 3.70. The van der Waals surface area contributed by atoms with Crippen LogP contribution in [0.5, 0.6) is 0 Å². The number of nitrogens with zero attached hydrogens (tertiary/aromatic N) is 1.